The molecule has 0 unspecified atom stereocenters. The molecule has 4 heteroatoms. The van der Waals surface area contributed by atoms with Gasteiger partial charge in [-0.3, -0.25) is 4.79 Å². The maximum absolute atomic E-state index is 12.5. The molecule has 0 radical (unpaired) electrons. The van der Waals surface area contributed by atoms with Gasteiger partial charge in [0.2, 0.25) is 0 Å². The fraction of sp³-hybridized carbons (Fsp3) is 0.250. The molecular weight excluding hydrogens is 250 g/mol. The Kier molecular flexibility index (Phi) is 4.71. The number of nitrogens with zero attached hydrogens (tertiary/aromatic N) is 2. The van der Waals surface area contributed by atoms with Crippen LogP contribution < -0.4 is 5.32 Å². The highest BCUT2D eigenvalue weighted by atomic mass is 16.2. The normalized spacial score (nSPS) is 10.1. The van der Waals surface area contributed by atoms with Gasteiger partial charge in [0.1, 0.15) is 5.82 Å². The molecule has 0 saturated carbocycles. The first kappa shape index (κ1) is 14.1. The van der Waals surface area contributed by atoms with Crippen molar-refractivity contribution in [3.8, 4) is 0 Å². The SMILES string of the molecule is CCN(Cc1ccccc1)C(=O)c1ccnc(NC)c1. The number of hydrogen-bond donors (Lipinski definition) is 1. The van der Waals surface area contributed by atoms with Crippen LogP contribution >= 0.6 is 0 Å². The van der Waals surface area contributed by atoms with Crippen LogP contribution in [0.25, 0.3) is 0 Å². The lowest BCUT2D eigenvalue weighted by Crippen LogP contribution is -2.30. The third-order valence-corrected chi connectivity index (χ3v) is 3.15. The minimum atomic E-state index is 0.0234. The minimum absolute atomic E-state index is 0.0234. The molecule has 1 heterocycles. The van der Waals surface area contributed by atoms with Gasteiger partial charge in [-0.25, -0.2) is 4.98 Å². The summed E-state index contributed by atoms with van der Waals surface area (Å²) in [5.74, 6) is 0.724. The lowest BCUT2D eigenvalue weighted by atomic mass is 10.2. The third kappa shape index (κ3) is 3.35. The van der Waals surface area contributed by atoms with E-state index in [4.69, 9.17) is 0 Å². The molecule has 1 aromatic heterocycles. The molecule has 1 aromatic carbocycles. The van der Waals surface area contributed by atoms with Gasteiger partial charge in [-0.1, -0.05) is 30.3 Å². The molecule has 0 fully saturated rings. The number of pyridine rings is 1. The number of nitrogens with one attached hydrogen (secondary N) is 1. The Morgan fingerprint density at radius 1 is 1.25 bits per heavy atom. The average molecular weight is 269 g/mol. The maximum Gasteiger partial charge on any atom is 0.254 e. The summed E-state index contributed by atoms with van der Waals surface area (Å²) in [6.45, 7) is 3.28. The molecule has 4 nitrogen and oxygen atoms in total. The van der Waals surface area contributed by atoms with Gasteiger partial charge in [-0.15, -0.1) is 0 Å². The summed E-state index contributed by atoms with van der Waals surface area (Å²) in [6.07, 6.45) is 1.65. The first-order valence-corrected chi connectivity index (χ1v) is 6.71. The van der Waals surface area contributed by atoms with Gasteiger partial charge < -0.3 is 10.2 Å². The van der Waals surface area contributed by atoms with Crippen molar-refractivity contribution in [2.75, 3.05) is 18.9 Å². The van der Waals surface area contributed by atoms with E-state index < -0.39 is 0 Å². The highest BCUT2D eigenvalue weighted by Crippen LogP contribution is 2.12. The summed E-state index contributed by atoms with van der Waals surface area (Å²) in [6, 6.07) is 13.5. The first-order chi connectivity index (χ1) is 9.74. The zero-order valence-electron chi connectivity index (χ0n) is 11.8. The molecule has 0 atom stereocenters. The van der Waals surface area contributed by atoms with Gasteiger partial charge in [0.25, 0.3) is 5.91 Å². The Hall–Kier alpha value is -2.36. The Balaban J connectivity index is 2.16. The highest BCUT2D eigenvalue weighted by molar-refractivity contribution is 5.94. The fourth-order valence-electron chi connectivity index (χ4n) is 2.01. The number of benzene rings is 1. The van der Waals surface area contributed by atoms with Crippen LogP contribution in [-0.4, -0.2) is 29.4 Å². The second-order valence-corrected chi connectivity index (χ2v) is 4.48. The summed E-state index contributed by atoms with van der Waals surface area (Å²) in [5, 5.41) is 2.95. The Morgan fingerprint density at radius 3 is 2.65 bits per heavy atom. The van der Waals surface area contributed by atoms with Gasteiger partial charge in [0.05, 0.1) is 0 Å². The van der Waals surface area contributed by atoms with Gasteiger partial charge in [0, 0.05) is 31.9 Å². The van der Waals surface area contributed by atoms with Crippen molar-refractivity contribution in [2.45, 2.75) is 13.5 Å². The number of carbonyl (C=O) groups excluding carboxylic acids is 1. The molecule has 20 heavy (non-hydrogen) atoms. The van der Waals surface area contributed by atoms with E-state index in [0.717, 1.165) is 5.56 Å². The van der Waals surface area contributed by atoms with Crippen molar-refractivity contribution >= 4 is 11.7 Å². The van der Waals surface area contributed by atoms with Crippen molar-refractivity contribution in [3.63, 3.8) is 0 Å². The molecular formula is C16H19N3O. The Morgan fingerprint density at radius 2 is 2.00 bits per heavy atom. The third-order valence-electron chi connectivity index (χ3n) is 3.15. The second kappa shape index (κ2) is 6.70. The number of aromatic nitrogens is 1. The monoisotopic (exact) mass is 269 g/mol. The molecule has 2 aromatic rings. The molecule has 104 valence electrons. The van der Waals surface area contributed by atoms with Crippen LogP contribution in [0, 0.1) is 0 Å². The largest absolute Gasteiger partial charge is 0.373 e. The highest BCUT2D eigenvalue weighted by Gasteiger charge is 2.14. The number of anilines is 1. The predicted molar refractivity (Wildman–Crippen MR) is 80.6 cm³/mol. The summed E-state index contributed by atoms with van der Waals surface area (Å²) >= 11 is 0. The van der Waals surface area contributed by atoms with Crippen LogP contribution in [0.3, 0.4) is 0 Å². The quantitative estimate of drug-likeness (QED) is 0.907. The Labute approximate surface area is 119 Å². The van der Waals surface area contributed by atoms with E-state index in [1.807, 2.05) is 42.2 Å². The van der Waals surface area contributed by atoms with E-state index in [9.17, 15) is 4.79 Å². The van der Waals surface area contributed by atoms with E-state index in [1.165, 1.54) is 0 Å². The zero-order valence-corrected chi connectivity index (χ0v) is 11.8. The smallest absolute Gasteiger partial charge is 0.254 e. The minimum Gasteiger partial charge on any atom is -0.373 e. The van der Waals surface area contributed by atoms with Crippen molar-refractivity contribution < 1.29 is 4.79 Å². The number of hydrogen-bond acceptors (Lipinski definition) is 3. The lowest BCUT2D eigenvalue weighted by Gasteiger charge is -2.21. The summed E-state index contributed by atoms with van der Waals surface area (Å²) in [7, 11) is 1.79. The lowest BCUT2D eigenvalue weighted by molar-refractivity contribution is 0.0752. The van der Waals surface area contributed by atoms with E-state index in [1.54, 1.807) is 25.4 Å². The predicted octanol–water partition coefficient (Wildman–Crippen LogP) is 2.79. The summed E-state index contributed by atoms with van der Waals surface area (Å²) in [5.41, 5.74) is 1.78. The Bertz CT molecular complexity index is 569. The second-order valence-electron chi connectivity index (χ2n) is 4.48. The molecule has 0 saturated heterocycles. The molecule has 0 spiro atoms. The van der Waals surface area contributed by atoms with Crippen LogP contribution in [0.5, 0.6) is 0 Å². The zero-order chi connectivity index (χ0) is 14.4. The number of amides is 1. The topological polar surface area (TPSA) is 45.2 Å². The maximum atomic E-state index is 12.5. The summed E-state index contributed by atoms with van der Waals surface area (Å²) < 4.78 is 0. The summed E-state index contributed by atoms with van der Waals surface area (Å²) in [4.78, 5) is 18.5. The number of rotatable bonds is 5. The van der Waals surface area contributed by atoms with Crippen molar-refractivity contribution in [1.29, 1.82) is 0 Å². The van der Waals surface area contributed by atoms with Gasteiger partial charge in [0.15, 0.2) is 0 Å². The van der Waals surface area contributed by atoms with Crippen molar-refractivity contribution in [3.05, 3.63) is 59.8 Å². The number of carbonyl (C=O) groups is 1. The fourth-order valence-corrected chi connectivity index (χ4v) is 2.01. The van der Waals surface area contributed by atoms with Gasteiger partial charge in [-0.05, 0) is 24.6 Å². The standard InChI is InChI=1S/C16H19N3O/c1-3-19(12-13-7-5-4-6-8-13)16(20)14-9-10-18-15(11-14)17-2/h4-11H,3,12H2,1-2H3,(H,17,18). The van der Waals surface area contributed by atoms with Gasteiger partial charge >= 0.3 is 0 Å². The molecule has 0 bridgehead atoms. The van der Waals surface area contributed by atoms with E-state index in [-0.39, 0.29) is 5.91 Å². The van der Waals surface area contributed by atoms with Gasteiger partial charge in [-0.2, -0.15) is 0 Å². The van der Waals surface area contributed by atoms with Crippen LogP contribution in [0.4, 0.5) is 5.82 Å². The van der Waals surface area contributed by atoms with Crippen LogP contribution in [0.1, 0.15) is 22.8 Å². The van der Waals surface area contributed by atoms with E-state index in [2.05, 4.69) is 10.3 Å². The van der Waals surface area contributed by atoms with Crippen LogP contribution in [0.2, 0.25) is 0 Å². The van der Waals surface area contributed by atoms with Crippen molar-refractivity contribution in [2.24, 2.45) is 0 Å². The van der Waals surface area contributed by atoms with E-state index >= 15 is 0 Å². The molecule has 0 aliphatic rings. The van der Waals surface area contributed by atoms with Crippen LogP contribution in [-0.2, 0) is 6.54 Å². The first-order valence-electron chi connectivity index (χ1n) is 6.71. The molecule has 0 aliphatic heterocycles. The molecule has 1 amide bonds. The molecule has 1 N–H and O–H groups in total. The van der Waals surface area contributed by atoms with Crippen LogP contribution in [0.15, 0.2) is 48.7 Å². The van der Waals surface area contributed by atoms with Crippen molar-refractivity contribution in [1.82, 2.24) is 9.88 Å². The molecule has 2 rings (SSSR count). The average Bonchev–Trinajstić information content (AvgIpc) is 2.53. The molecule has 0 aliphatic carbocycles. The van der Waals surface area contributed by atoms with E-state index in [0.29, 0.717) is 24.5 Å².